The van der Waals surface area contributed by atoms with Crippen LogP contribution in [0.15, 0.2) is 23.8 Å². The molecular weight excluding hydrogens is 590 g/mol. The van der Waals surface area contributed by atoms with Crippen LogP contribution in [-0.2, 0) is 23.1 Å². The fraction of sp³-hybridized carbons (Fsp3) is 0.500. The number of nitrogen functional groups attached to an aromatic ring is 2. The number of nitrogens with two attached hydrogens (primary N) is 2. The maximum Gasteiger partial charge on any atom is 0.472 e. The molecule has 6 heterocycles. The number of rotatable bonds is 8. The summed E-state index contributed by atoms with van der Waals surface area (Å²) in [5.74, 6) is -0.199. The first-order chi connectivity index (χ1) is 20.0. The standard InChI is InChI=1S/C20H24FN10O10P/c21-8-13(6(1-32)39-18(8)31-5-27-10-16(31)28-20(23)29-17(10)35)41-42(36,37)38-2-7-11(33)12(34)19(40-7)30-4-26-9-14(22)24-3-25-15(9)30/h3-8,11-13,18-19,32-34H,1-2H2,(H,36,37)(H2,22,24,25)(H3,23,28,29,35)/t6-,7-,8?,11?,12?,13?,18-,19-/m1/s1. The van der Waals surface area contributed by atoms with Gasteiger partial charge in [-0.2, -0.15) is 4.98 Å². The first-order valence-corrected chi connectivity index (χ1v) is 13.7. The van der Waals surface area contributed by atoms with Crippen molar-refractivity contribution in [1.29, 1.82) is 0 Å². The highest BCUT2D eigenvalue weighted by molar-refractivity contribution is 7.47. The lowest BCUT2D eigenvalue weighted by molar-refractivity contribution is -0.0585. The van der Waals surface area contributed by atoms with E-state index in [4.69, 9.17) is 30.0 Å². The monoisotopic (exact) mass is 614 g/mol. The number of ether oxygens (including phenoxy) is 2. The number of imidazole rings is 2. The highest BCUT2D eigenvalue weighted by atomic mass is 31.2. The molecule has 9 N–H and O–H groups in total. The second-order valence-electron chi connectivity index (χ2n) is 9.43. The summed E-state index contributed by atoms with van der Waals surface area (Å²) in [7, 11) is -5.10. The number of aromatic nitrogens is 8. The van der Waals surface area contributed by atoms with E-state index in [1.807, 2.05) is 0 Å². The number of aromatic amines is 1. The molecule has 2 aliphatic rings. The van der Waals surface area contributed by atoms with E-state index in [9.17, 15) is 29.6 Å². The van der Waals surface area contributed by atoms with E-state index >= 15 is 4.39 Å². The second kappa shape index (κ2) is 10.6. The average molecular weight is 614 g/mol. The molecule has 0 spiro atoms. The predicted octanol–water partition coefficient (Wildman–Crippen LogP) is -2.53. The van der Waals surface area contributed by atoms with Gasteiger partial charge in [-0.3, -0.25) is 28.0 Å². The van der Waals surface area contributed by atoms with Crippen molar-refractivity contribution in [2.24, 2.45) is 0 Å². The molecule has 0 aliphatic carbocycles. The Balaban J connectivity index is 1.15. The molecule has 4 aromatic heterocycles. The molecular formula is C20H24FN10O10P. The van der Waals surface area contributed by atoms with Crippen LogP contribution in [0, 0.1) is 0 Å². The topological polar surface area (TPSA) is 294 Å². The third kappa shape index (κ3) is 4.79. The number of phosphoric ester groups is 1. The van der Waals surface area contributed by atoms with E-state index in [0.29, 0.717) is 0 Å². The lowest BCUT2D eigenvalue weighted by atomic mass is 10.1. The van der Waals surface area contributed by atoms with Crippen molar-refractivity contribution in [3.05, 3.63) is 29.3 Å². The Hall–Kier alpha value is -3.66. The van der Waals surface area contributed by atoms with Gasteiger partial charge in [0.05, 0.1) is 25.9 Å². The van der Waals surface area contributed by atoms with Crippen LogP contribution in [0.2, 0.25) is 0 Å². The quantitative estimate of drug-likeness (QED) is 0.101. The van der Waals surface area contributed by atoms with Gasteiger partial charge in [-0.05, 0) is 0 Å². The van der Waals surface area contributed by atoms with Crippen molar-refractivity contribution >= 4 is 41.9 Å². The molecule has 0 saturated carbocycles. The van der Waals surface area contributed by atoms with Gasteiger partial charge in [0.1, 0.15) is 42.4 Å². The van der Waals surface area contributed by atoms with Crippen molar-refractivity contribution in [2.45, 2.75) is 49.1 Å². The van der Waals surface area contributed by atoms with Crippen molar-refractivity contribution < 1.29 is 47.7 Å². The third-order valence-electron chi connectivity index (χ3n) is 6.83. The molecule has 0 amide bonds. The number of anilines is 2. The SMILES string of the molecule is Nc1nc2c(ncn2[C@@H]2O[C@H](CO)C(OP(=O)(O)OC[C@H]3O[C@@H](n4cnc5c(N)ncnc54)C(O)C3O)C2F)c(=O)[nH]1. The Morgan fingerprint density at radius 2 is 1.71 bits per heavy atom. The maximum atomic E-state index is 15.6. The summed E-state index contributed by atoms with van der Waals surface area (Å²) in [6, 6.07) is 0. The average Bonchev–Trinajstić information content (AvgIpc) is 3.69. The number of phosphoric acid groups is 1. The summed E-state index contributed by atoms with van der Waals surface area (Å²) < 4.78 is 51.8. The van der Waals surface area contributed by atoms with Gasteiger partial charge in [0.25, 0.3) is 5.56 Å². The molecule has 22 heteroatoms. The lowest BCUT2D eigenvalue weighted by Gasteiger charge is -2.22. The number of halogens is 1. The Morgan fingerprint density at radius 1 is 1.02 bits per heavy atom. The van der Waals surface area contributed by atoms with Crippen LogP contribution in [0.3, 0.4) is 0 Å². The number of nitrogens with zero attached hydrogens (tertiary/aromatic N) is 7. The molecule has 226 valence electrons. The Kier molecular flexibility index (Phi) is 7.15. The number of aliphatic hydroxyl groups excluding tert-OH is 3. The number of nitrogens with one attached hydrogen (secondary N) is 1. The van der Waals surface area contributed by atoms with E-state index in [2.05, 4.69) is 29.9 Å². The fourth-order valence-electron chi connectivity index (χ4n) is 4.82. The van der Waals surface area contributed by atoms with Crippen LogP contribution in [0.1, 0.15) is 12.5 Å². The summed E-state index contributed by atoms with van der Waals surface area (Å²) in [6.07, 6.45) is -9.27. The Labute approximate surface area is 232 Å². The summed E-state index contributed by atoms with van der Waals surface area (Å²) >= 11 is 0. The summed E-state index contributed by atoms with van der Waals surface area (Å²) in [6.45, 7) is -1.60. The zero-order valence-electron chi connectivity index (χ0n) is 21.1. The van der Waals surface area contributed by atoms with Gasteiger partial charge < -0.3 is 41.2 Å². The molecule has 0 bridgehead atoms. The fourth-order valence-corrected chi connectivity index (χ4v) is 5.78. The van der Waals surface area contributed by atoms with E-state index in [0.717, 1.165) is 10.9 Å². The second-order valence-corrected chi connectivity index (χ2v) is 10.8. The summed E-state index contributed by atoms with van der Waals surface area (Å²) in [4.78, 5) is 44.4. The van der Waals surface area contributed by atoms with E-state index in [1.165, 1.54) is 17.2 Å². The summed E-state index contributed by atoms with van der Waals surface area (Å²) in [5, 5.41) is 30.8. The van der Waals surface area contributed by atoms with Crippen LogP contribution in [0.25, 0.3) is 22.3 Å². The van der Waals surface area contributed by atoms with Crippen molar-refractivity contribution in [3.8, 4) is 0 Å². The molecule has 0 radical (unpaired) electrons. The first kappa shape index (κ1) is 28.5. The van der Waals surface area contributed by atoms with Gasteiger partial charge in [0.15, 0.2) is 41.3 Å². The number of fused-ring (bicyclic) bond motifs is 2. The predicted molar refractivity (Wildman–Crippen MR) is 135 cm³/mol. The minimum atomic E-state index is -5.10. The highest BCUT2D eigenvalue weighted by Gasteiger charge is 2.51. The van der Waals surface area contributed by atoms with E-state index in [-0.39, 0.29) is 34.1 Å². The largest absolute Gasteiger partial charge is 0.472 e. The van der Waals surface area contributed by atoms with E-state index in [1.54, 1.807) is 0 Å². The van der Waals surface area contributed by atoms with Gasteiger partial charge in [-0.15, -0.1) is 0 Å². The first-order valence-electron chi connectivity index (χ1n) is 12.2. The molecule has 5 unspecified atom stereocenters. The Morgan fingerprint density at radius 3 is 2.45 bits per heavy atom. The molecule has 4 aromatic rings. The number of hydrogen-bond acceptors (Lipinski definition) is 16. The van der Waals surface area contributed by atoms with Crippen LogP contribution >= 0.6 is 7.82 Å². The van der Waals surface area contributed by atoms with Gasteiger partial charge in [0, 0.05) is 0 Å². The Bertz CT molecular complexity index is 1730. The highest BCUT2D eigenvalue weighted by Crippen LogP contribution is 2.50. The zero-order chi connectivity index (χ0) is 29.9. The van der Waals surface area contributed by atoms with Gasteiger partial charge in [-0.25, -0.2) is 28.9 Å². The van der Waals surface area contributed by atoms with E-state index < -0.39 is 75.7 Å². The van der Waals surface area contributed by atoms with Crippen molar-refractivity contribution in [1.82, 2.24) is 39.0 Å². The molecule has 9 atom stereocenters. The zero-order valence-corrected chi connectivity index (χ0v) is 22.0. The van der Waals surface area contributed by atoms with Crippen LogP contribution in [0.4, 0.5) is 16.2 Å². The molecule has 42 heavy (non-hydrogen) atoms. The minimum absolute atomic E-state index is 0.0748. The summed E-state index contributed by atoms with van der Waals surface area (Å²) in [5.41, 5.74) is 10.8. The number of hydrogen-bond donors (Lipinski definition) is 7. The molecule has 2 aliphatic heterocycles. The van der Waals surface area contributed by atoms with Crippen LogP contribution in [-0.4, -0.2) is 109 Å². The number of aliphatic hydroxyl groups is 3. The van der Waals surface area contributed by atoms with Gasteiger partial charge in [-0.1, -0.05) is 0 Å². The normalized spacial score (nSPS) is 31.3. The smallest absolute Gasteiger partial charge is 0.394 e. The van der Waals surface area contributed by atoms with Crippen LogP contribution in [0.5, 0.6) is 0 Å². The molecule has 6 rings (SSSR count). The van der Waals surface area contributed by atoms with Gasteiger partial charge >= 0.3 is 7.82 Å². The molecule has 2 saturated heterocycles. The van der Waals surface area contributed by atoms with Gasteiger partial charge in [0.2, 0.25) is 5.95 Å². The number of H-pyrrole nitrogens is 1. The lowest BCUT2D eigenvalue weighted by Crippen LogP contribution is -2.35. The van der Waals surface area contributed by atoms with Crippen LogP contribution < -0.4 is 17.0 Å². The third-order valence-corrected chi connectivity index (χ3v) is 7.81. The number of alkyl halides is 1. The van der Waals surface area contributed by atoms with Crippen molar-refractivity contribution in [2.75, 3.05) is 24.7 Å². The van der Waals surface area contributed by atoms with Crippen molar-refractivity contribution in [3.63, 3.8) is 0 Å². The molecule has 20 nitrogen and oxygen atoms in total. The molecule has 0 aromatic carbocycles. The maximum absolute atomic E-state index is 15.6. The minimum Gasteiger partial charge on any atom is -0.394 e. The molecule has 2 fully saturated rings.